The Morgan fingerprint density at radius 1 is 1.00 bits per heavy atom. The van der Waals surface area contributed by atoms with Gasteiger partial charge in [0.15, 0.2) is 0 Å². The fraction of sp³-hybridized carbons (Fsp3) is 0.667. The average molecular weight is 208 g/mol. The van der Waals surface area contributed by atoms with Crippen LogP contribution in [0.2, 0.25) is 0 Å². The Hall–Kier alpha value is 0.900. The zero-order valence-corrected chi connectivity index (χ0v) is 5.69. The molecule has 0 radical (unpaired) electrons. The van der Waals surface area contributed by atoms with E-state index in [2.05, 4.69) is 0 Å². The molecule has 2 N–H and O–H groups in total. The van der Waals surface area contributed by atoms with E-state index in [1.807, 2.05) is 0 Å². The molecule has 0 aliphatic carbocycles. The third-order valence-electron chi connectivity index (χ3n) is 1.44. The first-order chi connectivity index (χ1) is 5.09. The summed E-state index contributed by atoms with van der Waals surface area (Å²) in [6.45, 7) is 0. The second-order valence-corrected chi connectivity index (χ2v) is 2.41. The molecule has 1 rings (SSSR count). The van der Waals surface area contributed by atoms with E-state index in [1.54, 1.807) is 0 Å². The van der Waals surface area contributed by atoms with Crippen molar-refractivity contribution >= 4 is 71.1 Å². The molecule has 1 aliphatic rings. The van der Waals surface area contributed by atoms with E-state index in [0.29, 0.717) is 0 Å². The number of aliphatic carboxylic acids is 2. The van der Waals surface area contributed by atoms with Crippen LogP contribution in [-0.2, 0) is 14.3 Å². The first-order valence-corrected chi connectivity index (χ1v) is 3.18. The Kier molecular flexibility index (Phi) is 9.08. The fourth-order valence-electron chi connectivity index (χ4n) is 0.882. The molecule has 2 atom stereocenters. The van der Waals surface area contributed by atoms with Crippen molar-refractivity contribution in [1.82, 2.24) is 0 Å². The van der Waals surface area contributed by atoms with E-state index in [9.17, 15) is 9.59 Å². The molecule has 0 spiro atoms. The van der Waals surface area contributed by atoms with Crippen LogP contribution in [-0.4, -0.2) is 93.5 Å². The molecule has 1 fully saturated rings. The van der Waals surface area contributed by atoms with Gasteiger partial charge in [-0.2, -0.15) is 0 Å². The number of carboxylic acid groups (broad SMARTS) is 2. The Morgan fingerprint density at radius 3 is 1.54 bits per heavy atom. The van der Waals surface area contributed by atoms with Crippen molar-refractivity contribution in [2.24, 2.45) is 0 Å². The van der Waals surface area contributed by atoms with Crippen molar-refractivity contribution in [3.63, 3.8) is 0 Å². The molecule has 0 saturated carbocycles. The monoisotopic (exact) mass is 208 g/mol. The molecule has 0 aromatic heterocycles. The predicted molar refractivity (Wildman–Crippen MR) is 47.5 cm³/mol. The van der Waals surface area contributed by atoms with Gasteiger partial charge in [-0.3, -0.25) is 9.59 Å². The first-order valence-electron chi connectivity index (χ1n) is 3.18. The minimum atomic E-state index is -0.956. The van der Waals surface area contributed by atoms with Crippen LogP contribution in [0.5, 0.6) is 0 Å². The van der Waals surface area contributed by atoms with Crippen molar-refractivity contribution in [3.05, 3.63) is 0 Å². The SMILES string of the molecule is O=C(O)CC1OC1CC(=O)O.[NaH].[NaH]. The molecule has 1 aliphatic heterocycles. The number of carbonyl (C=O) groups is 2. The zero-order valence-electron chi connectivity index (χ0n) is 5.69. The average Bonchev–Trinajstić information content (AvgIpc) is 2.43. The van der Waals surface area contributed by atoms with Gasteiger partial charge >= 0.3 is 71.1 Å². The van der Waals surface area contributed by atoms with Crippen molar-refractivity contribution in [2.45, 2.75) is 25.0 Å². The van der Waals surface area contributed by atoms with Gasteiger partial charge in [-0.05, 0) is 0 Å². The molecule has 0 bridgehead atoms. The Bertz CT molecular complexity index is 175. The number of hydrogen-bond acceptors (Lipinski definition) is 3. The van der Waals surface area contributed by atoms with Crippen LogP contribution in [0.25, 0.3) is 0 Å². The first kappa shape index (κ1) is 16.3. The topological polar surface area (TPSA) is 87.1 Å². The van der Waals surface area contributed by atoms with E-state index in [-0.39, 0.29) is 84.2 Å². The van der Waals surface area contributed by atoms with E-state index in [4.69, 9.17) is 14.9 Å². The summed E-state index contributed by atoms with van der Waals surface area (Å²) in [5, 5.41) is 16.5. The molecule has 5 nitrogen and oxygen atoms in total. The molecule has 0 aromatic carbocycles. The van der Waals surface area contributed by atoms with Gasteiger partial charge in [0.05, 0.1) is 25.0 Å². The summed E-state index contributed by atoms with van der Waals surface area (Å²) in [5.41, 5.74) is 0. The molecular weight excluding hydrogens is 198 g/mol. The number of hydrogen-bond donors (Lipinski definition) is 2. The fourth-order valence-corrected chi connectivity index (χ4v) is 0.882. The summed E-state index contributed by atoms with van der Waals surface area (Å²) < 4.78 is 4.78. The van der Waals surface area contributed by atoms with Crippen LogP contribution < -0.4 is 0 Å². The van der Waals surface area contributed by atoms with E-state index < -0.39 is 11.9 Å². The number of rotatable bonds is 4. The number of carboxylic acids is 2. The number of ether oxygens (including phenoxy) is 1. The van der Waals surface area contributed by atoms with Crippen LogP contribution in [0, 0.1) is 0 Å². The molecule has 13 heavy (non-hydrogen) atoms. The van der Waals surface area contributed by atoms with Gasteiger partial charge in [-0.25, -0.2) is 0 Å². The van der Waals surface area contributed by atoms with E-state index >= 15 is 0 Å². The van der Waals surface area contributed by atoms with Crippen LogP contribution >= 0.6 is 0 Å². The van der Waals surface area contributed by atoms with Gasteiger partial charge < -0.3 is 14.9 Å². The van der Waals surface area contributed by atoms with Crippen molar-refractivity contribution in [2.75, 3.05) is 0 Å². The summed E-state index contributed by atoms with van der Waals surface area (Å²) in [5.74, 6) is -1.91. The summed E-state index contributed by atoms with van der Waals surface area (Å²) >= 11 is 0. The summed E-state index contributed by atoms with van der Waals surface area (Å²) in [6.07, 6.45) is -0.970. The van der Waals surface area contributed by atoms with Crippen LogP contribution in [0.1, 0.15) is 12.8 Å². The Balaban J connectivity index is 0. The third-order valence-corrected chi connectivity index (χ3v) is 1.44. The van der Waals surface area contributed by atoms with Gasteiger partial charge in [0.2, 0.25) is 0 Å². The van der Waals surface area contributed by atoms with Gasteiger partial charge in [-0.1, -0.05) is 0 Å². The number of epoxide rings is 1. The summed E-state index contributed by atoms with van der Waals surface area (Å²) in [7, 11) is 0. The third kappa shape index (κ3) is 6.90. The van der Waals surface area contributed by atoms with E-state index in [0.717, 1.165) is 0 Å². The van der Waals surface area contributed by atoms with Crippen molar-refractivity contribution in [1.29, 1.82) is 0 Å². The molecule has 66 valence electrons. The van der Waals surface area contributed by atoms with Crippen LogP contribution in [0.4, 0.5) is 0 Å². The zero-order chi connectivity index (χ0) is 8.43. The molecule has 1 heterocycles. The molecule has 0 aromatic rings. The van der Waals surface area contributed by atoms with Gasteiger partial charge in [-0.15, -0.1) is 0 Å². The molecular formula is C6H10Na2O5. The quantitative estimate of drug-likeness (QED) is 0.429. The van der Waals surface area contributed by atoms with Crippen LogP contribution in [0.15, 0.2) is 0 Å². The van der Waals surface area contributed by atoms with Gasteiger partial charge in [0, 0.05) is 0 Å². The maximum absolute atomic E-state index is 10.1. The minimum absolute atomic E-state index is 0. The van der Waals surface area contributed by atoms with Crippen molar-refractivity contribution in [3.8, 4) is 0 Å². The standard InChI is InChI=1S/C6H8O5.2Na.2H/c7-5(8)1-3-4(11-3)2-6(9)10;;;;/h3-4H,1-2H2,(H,7,8)(H,9,10);;;;. The van der Waals surface area contributed by atoms with Gasteiger partial charge in [0.1, 0.15) is 0 Å². The molecule has 7 heteroatoms. The normalized spacial score (nSPS) is 23.7. The summed E-state index contributed by atoms with van der Waals surface area (Å²) in [6, 6.07) is 0. The Morgan fingerprint density at radius 2 is 1.31 bits per heavy atom. The molecule has 0 amide bonds. The van der Waals surface area contributed by atoms with Crippen molar-refractivity contribution < 1.29 is 24.5 Å². The second-order valence-electron chi connectivity index (χ2n) is 2.41. The molecule has 2 unspecified atom stereocenters. The van der Waals surface area contributed by atoms with Crippen LogP contribution in [0.3, 0.4) is 0 Å². The summed E-state index contributed by atoms with van der Waals surface area (Å²) in [4.78, 5) is 20.1. The predicted octanol–water partition coefficient (Wildman–Crippen LogP) is -1.59. The van der Waals surface area contributed by atoms with E-state index in [1.165, 1.54) is 0 Å². The van der Waals surface area contributed by atoms with Gasteiger partial charge in [0.25, 0.3) is 0 Å². The molecule has 1 saturated heterocycles. The second kappa shape index (κ2) is 7.23. The Labute approximate surface area is 119 Å². The maximum atomic E-state index is 10.1.